The van der Waals surface area contributed by atoms with Gasteiger partial charge in [-0.15, -0.1) is 0 Å². The van der Waals surface area contributed by atoms with Crippen molar-refractivity contribution in [3.05, 3.63) is 75.3 Å². The van der Waals surface area contributed by atoms with Gasteiger partial charge in [0.15, 0.2) is 0 Å². The fourth-order valence-electron chi connectivity index (χ4n) is 2.93. The fraction of sp³-hybridized carbons (Fsp3) is 0.227. The van der Waals surface area contributed by atoms with Crippen LogP contribution in [0, 0.1) is 12.3 Å². The Labute approximate surface area is 196 Å². The average molecular weight is 472 g/mol. The highest BCUT2D eigenvalue weighted by molar-refractivity contribution is 6.34. The summed E-state index contributed by atoms with van der Waals surface area (Å²) in [6.45, 7) is 5.93. The first-order valence-corrected chi connectivity index (χ1v) is 10.5. The molecular formula is C22H23Cl2N7O. The van der Waals surface area contributed by atoms with E-state index in [0.29, 0.717) is 16.9 Å². The smallest absolute Gasteiger partial charge is 0.271 e. The zero-order valence-electron chi connectivity index (χ0n) is 17.8. The number of aromatic nitrogens is 3. The van der Waals surface area contributed by atoms with Gasteiger partial charge in [0, 0.05) is 12.1 Å². The second-order valence-corrected chi connectivity index (χ2v) is 8.67. The van der Waals surface area contributed by atoms with Crippen molar-refractivity contribution in [1.29, 1.82) is 5.41 Å². The van der Waals surface area contributed by atoms with E-state index in [1.54, 1.807) is 0 Å². The zero-order valence-corrected chi connectivity index (χ0v) is 19.3. The molecule has 2 aromatic heterocycles. The van der Waals surface area contributed by atoms with Crippen LogP contribution in [0.5, 0.6) is 0 Å². The van der Waals surface area contributed by atoms with Crippen LogP contribution in [-0.2, 0) is 0 Å². The summed E-state index contributed by atoms with van der Waals surface area (Å²) in [5.74, 6) is 0.117. The normalized spacial score (nSPS) is 11.2. The highest BCUT2D eigenvalue weighted by Gasteiger charge is 2.25. The number of nitrogens with one attached hydrogen (secondary N) is 3. The van der Waals surface area contributed by atoms with E-state index in [-0.39, 0.29) is 33.9 Å². The lowest BCUT2D eigenvalue weighted by Crippen LogP contribution is -2.45. The largest absolute Gasteiger partial charge is 0.383 e. The van der Waals surface area contributed by atoms with E-state index in [1.165, 1.54) is 18.5 Å². The maximum absolute atomic E-state index is 12.5. The first-order chi connectivity index (χ1) is 15.1. The summed E-state index contributed by atoms with van der Waals surface area (Å²) in [5, 5.41) is 15.1. The number of nitrogens with two attached hydrogens (primary N) is 1. The van der Waals surface area contributed by atoms with E-state index >= 15 is 0 Å². The molecule has 0 unspecified atom stereocenters. The van der Waals surface area contributed by atoms with Gasteiger partial charge in [0.05, 0.1) is 21.8 Å². The molecule has 0 saturated heterocycles. The van der Waals surface area contributed by atoms with E-state index in [0.717, 1.165) is 5.56 Å². The van der Waals surface area contributed by atoms with Crippen molar-refractivity contribution in [1.82, 2.24) is 20.3 Å². The fourth-order valence-corrected chi connectivity index (χ4v) is 3.27. The van der Waals surface area contributed by atoms with Crippen molar-refractivity contribution in [2.45, 2.75) is 26.3 Å². The number of carbonyl (C=O) groups excluding carboxylic acids is 1. The molecule has 0 aliphatic heterocycles. The number of aryl methyl sites for hydroxylation is 1. The lowest BCUT2D eigenvalue weighted by Gasteiger charge is -2.28. The number of pyridine rings is 1. The van der Waals surface area contributed by atoms with Crippen molar-refractivity contribution < 1.29 is 4.79 Å². The number of halogens is 2. The van der Waals surface area contributed by atoms with Crippen molar-refractivity contribution in [2.24, 2.45) is 0 Å². The number of nitrogen functional groups attached to an aromatic ring is 1. The van der Waals surface area contributed by atoms with Gasteiger partial charge in [0.25, 0.3) is 5.91 Å². The second-order valence-electron chi connectivity index (χ2n) is 7.88. The number of hydrogen-bond donors (Lipinski definition) is 4. The summed E-state index contributed by atoms with van der Waals surface area (Å²) in [7, 11) is 0. The first-order valence-electron chi connectivity index (χ1n) is 9.72. The highest BCUT2D eigenvalue weighted by Crippen LogP contribution is 2.24. The SMILES string of the molecule is Cc1ccc(C(=N)c2c(N)ncnc2NC(C)(C)CNC(=O)c2nc(Cl)ccc2Cl)cc1. The Balaban J connectivity index is 1.79. The maximum Gasteiger partial charge on any atom is 0.271 e. The molecule has 32 heavy (non-hydrogen) atoms. The number of anilines is 2. The van der Waals surface area contributed by atoms with Gasteiger partial charge in [-0.05, 0) is 32.9 Å². The molecule has 0 fully saturated rings. The van der Waals surface area contributed by atoms with Crippen LogP contribution in [0.2, 0.25) is 10.2 Å². The summed E-state index contributed by atoms with van der Waals surface area (Å²) in [6, 6.07) is 10.6. The lowest BCUT2D eigenvalue weighted by molar-refractivity contribution is 0.0942. The molecule has 0 aliphatic carbocycles. The van der Waals surface area contributed by atoms with E-state index in [1.807, 2.05) is 45.0 Å². The molecule has 0 bridgehead atoms. The molecule has 3 rings (SSSR count). The predicted octanol–water partition coefficient (Wildman–Crippen LogP) is 4.11. The molecule has 0 spiro atoms. The molecule has 2 heterocycles. The van der Waals surface area contributed by atoms with Crippen LogP contribution in [0.15, 0.2) is 42.7 Å². The number of hydrogen-bond acceptors (Lipinski definition) is 7. The molecule has 1 aromatic carbocycles. The molecule has 0 aliphatic rings. The maximum atomic E-state index is 12.5. The van der Waals surface area contributed by atoms with Crippen LogP contribution in [0.3, 0.4) is 0 Å². The first kappa shape index (κ1) is 23.4. The molecule has 5 N–H and O–H groups in total. The summed E-state index contributed by atoms with van der Waals surface area (Å²) < 4.78 is 0. The van der Waals surface area contributed by atoms with Crippen molar-refractivity contribution in [3.63, 3.8) is 0 Å². The third-order valence-corrected chi connectivity index (χ3v) is 5.16. The van der Waals surface area contributed by atoms with Crippen LogP contribution in [0.4, 0.5) is 11.6 Å². The monoisotopic (exact) mass is 471 g/mol. The minimum atomic E-state index is -0.663. The molecule has 3 aromatic rings. The molecule has 166 valence electrons. The quantitative estimate of drug-likeness (QED) is 0.303. The Kier molecular flexibility index (Phi) is 6.96. The average Bonchev–Trinajstić information content (AvgIpc) is 2.74. The standard InChI is InChI=1S/C22H23Cl2N7O/c1-12-4-6-13(7-5-12)17(25)16-19(26)28-11-29-20(16)31-22(2,3)10-27-21(32)18-14(23)8-9-15(24)30-18/h4-9,11,25H,10H2,1-3H3,(H,27,32)(H3,26,28,29,31). The topological polar surface area (TPSA) is 130 Å². The molecule has 1 amide bonds. The summed E-state index contributed by atoms with van der Waals surface area (Å²) in [6.07, 6.45) is 1.33. The second kappa shape index (κ2) is 9.50. The Hall–Kier alpha value is -3.23. The van der Waals surface area contributed by atoms with Gasteiger partial charge in [0.1, 0.15) is 28.8 Å². The zero-order chi connectivity index (χ0) is 23.5. The van der Waals surface area contributed by atoms with Gasteiger partial charge >= 0.3 is 0 Å². The Morgan fingerprint density at radius 2 is 1.81 bits per heavy atom. The molecule has 0 saturated carbocycles. The van der Waals surface area contributed by atoms with Gasteiger partial charge in [0.2, 0.25) is 0 Å². The summed E-state index contributed by atoms with van der Waals surface area (Å²) in [5.41, 5.74) is 7.84. The Morgan fingerprint density at radius 3 is 2.50 bits per heavy atom. The third-order valence-electron chi connectivity index (χ3n) is 4.64. The number of carbonyl (C=O) groups is 1. The van der Waals surface area contributed by atoms with Gasteiger partial charge in [-0.3, -0.25) is 10.2 Å². The van der Waals surface area contributed by atoms with Crippen LogP contribution >= 0.6 is 23.2 Å². The lowest BCUT2D eigenvalue weighted by atomic mass is 10.00. The van der Waals surface area contributed by atoms with Crippen LogP contribution in [0.25, 0.3) is 0 Å². The summed E-state index contributed by atoms with van der Waals surface area (Å²) >= 11 is 11.9. The third kappa shape index (κ3) is 5.52. The van der Waals surface area contributed by atoms with Gasteiger partial charge in [-0.1, -0.05) is 53.0 Å². The predicted molar refractivity (Wildman–Crippen MR) is 128 cm³/mol. The minimum Gasteiger partial charge on any atom is -0.383 e. The highest BCUT2D eigenvalue weighted by atomic mass is 35.5. The van der Waals surface area contributed by atoms with Crippen LogP contribution in [-0.4, -0.2) is 38.7 Å². The van der Waals surface area contributed by atoms with E-state index < -0.39 is 11.4 Å². The van der Waals surface area contributed by atoms with Crippen molar-refractivity contribution >= 4 is 46.5 Å². The van der Waals surface area contributed by atoms with Gasteiger partial charge < -0.3 is 16.4 Å². The number of benzene rings is 1. The number of nitrogens with zero attached hydrogens (tertiary/aromatic N) is 3. The van der Waals surface area contributed by atoms with Crippen LogP contribution in [0.1, 0.15) is 41.0 Å². The minimum absolute atomic E-state index is 0.0445. The van der Waals surface area contributed by atoms with Crippen molar-refractivity contribution in [2.75, 3.05) is 17.6 Å². The Bertz CT molecular complexity index is 1160. The van der Waals surface area contributed by atoms with Crippen LogP contribution < -0.4 is 16.4 Å². The molecular weight excluding hydrogens is 449 g/mol. The summed E-state index contributed by atoms with van der Waals surface area (Å²) in [4.78, 5) is 24.9. The van der Waals surface area contributed by atoms with E-state index in [9.17, 15) is 4.79 Å². The number of rotatable bonds is 7. The Morgan fingerprint density at radius 1 is 1.12 bits per heavy atom. The van der Waals surface area contributed by atoms with Crippen molar-refractivity contribution in [3.8, 4) is 0 Å². The number of amides is 1. The molecule has 8 nitrogen and oxygen atoms in total. The van der Waals surface area contributed by atoms with E-state index in [4.69, 9.17) is 34.3 Å². The molecule has 10 heteroatoms. The van der Waals surface area contributed by atoms with E-state index in [2.05, 4.69) is 25.6 Å². The van der Waals surface area contributed by atoms with Gasteiger partial charge in [-0.25, -0.2) is 15.0 Å². The van der Waals surface area contributed by atoms with Gasteiger partial charge in [-0.2, -0.15) is 0 Å². The molecule has 0 atom stereocenters. The molecule has 0 radical (unpaired) electrons.